The van der Waals surface area contributed by atoms with Crippen molar-refractivity contribution in [2.24, 2.45) is 0 Å². The number of halogens is 1. The van der Waals surface area contributed by atoms with Crippen LogP contribution in [0.1, 0.15) is 51.3 Å². The van der Waals surface area contributed by atoms with Gasteiger partial charge >= 0.3 is 0 Å². The maximum absolute atomic E-state index is 13.7. The van der Waals surface area contributed by atoms with Crippen molar-refractivity contribution in [1.29, 1.82) is 0 Å². The normalized spacial score (nSPS) is 18.3. The molecule has 2 rings (SSSR count). The van der Waals surface area contributed by atoms with Crippen molar-refractivity contribution in [3.05, 3.63) is 35.1 Å². The van der Waals surface area contributed by atoms with Crippen LogP contribution >= 0.6 is 0 Å². The molecule has 1 unspecified atom stereocenters. The van der Waals surface area contributed by atoms with E-state index in [1.54, 1.807) is 6.07 Å². The number of hydrogen-bond donors (Lipinski definition) is 1. The Labute approximate surface area is 122 Å². The molecule has 0 aromatic heterocycles. The van der Waals surface area contributed by atoms with Crippen LogP contribution in [0.25, 0.3) is 0 Å². The lowest BCUT2D eigenvalue weighted by Crippen LogP contribution is -2.41. The van der Waals surface area contributed by atoms with Crippen LogP contribution in [0.3, 0.4) is 0 Å². The number of nitrogens with zero attached hydrogens (tertiary/aromatic N) is 1. The fourth-order valence-corrected chi connectivity index (χ4v) is 3.30. The van der Waals surface area contributed by atoms with Gasteiger partial charge in [0.05, 0.1) is 0 Å². The van der Waals surface area contributed by atoms with Crippen molar-refractivity contribution in [3.8, 4) is 0 Å². The third-order valence-electron chi connectivity index (χ3n) is 4.30. The quantitative estimate of drug-likeness (QED) is 0.856. The summed E-state index contributed by atoms with van der Waals surface area (Å²) in [5, 5.41) is 3.60. The summed E-state index contributed by atoms with van der Waals surface area (Å²) in [5.41, 5.74) is 2.07. The summed E-state index contributed by atoms with van der Waals surface area (Å²) in [6, 6.07) is 6.90. The van der Waals surface area contributed by atoms with Crippen molar-refractivity contribution in [2.75, 3.05) is 13.1 Å². The van der Waals surface area contributed by atoms with Gasteiger partial charge in [0.15, 0.2) is 0 Å². The Bertz CT molecular complexity index is 435. The highest BCUT2D eigenvalue weighted by Gasteiger charge is 2.24. The Morgan fingerprint density at radius 1 is 1.25 bits per heavy atom. The summed E-state index contributed by atoms with van der Waals surface area (Å²) >= 11 is 0. The van der Waals surface area contributed by atoms with Crippen LogP contribution in [0, 0.1) is 5.82 Å². The van der Waals surface area contributed by atoms with Crippen LogP contribution in [0.2, 0.25) is 0 Å². The van der Waals surface area contributed by atoms with Gasteiger partial charge in [-0.05, 0) is 57.7 Å². The molecule has 1 N–H and O–H groups in total. The van der Waals surface area contributed by atoms with Crippen LogP contribution in [0.15, 0.2) is 18.2 Å². The predicted molar refractivity (Wildman–Crippen MR) is 82.4 cm³/mol. The Morgan fingerprint density at radius 2 is 1.95 bits per heavy atom. The van der Waals surface area contributed by atoms with E-state index in [-0.39, 0.29) is 5.82 Å². The van der Waals surface area contributed by atoms with Gasteiger partial charge in [0.1, 0.15) is 5.82 Å². The van der Waals surface area contributed by atoms with E-state index in [4.69, 9.17) is 0 Å². The van der Waals surface area contributed by atoms with Gasteiger partial charge in [-0.3, -0.25) is 4.90 Å². The predicted octanol–water partition coefficient (Wildman–Crippen LogP) is 3.52. The third-order valence-corrected chi connectivity index (χ3v) is 4.30. The highest BCUT2D eigenvalue weighted by atomic mass is 19.1. The topological polar surface area (TPSA) is 15.3 Å². The SMILES string of the molecule is CC(C)N(CCNC1CCc2c(F)cccc21)C(C)C. The maximum Gasteiger partial charge on any atom is 0.126 e. The molecule has 0 saturated heterocycles. The van der Waals surface area contributed by atoms with Gasteiger partial charge in [0.2, 0.25) is 0 Å². The zero-order valence-electron chi connectivity index (χ0n) is 13.1. The van der Waals surface area contributed by atoms with Gasteiger partial charge in [-0.15, -0.1) is 0 Å². The van der Waals surface area contributed by atoms with E-state index in [1.807, 2.05) is 6.07 Å². The second-order valence-electron chi connectivity index (χ2n) is 6.28. The molecule has 1 aliphatic rings. The molecule has 2 nitrogen and oxygen atoms in total. The molecule has 0 fully saturated rings. The van der Waals surface area contributed by atoms with Crippen LogP contribution in [-0.2, 0) is 6.42 Å². The minimum Gasteiger partial charge on any atom is -0.309 e. The van der Waals surface area contributed by atoms with E-state index in [1.165, 1.54) is 0 Å². The minimum atomic E-state index is -0.0437. The van der Waals surface area contributed by atoms with Gasteiger partial charge in [-0.25, -0.2) is 4.39 Å². The summed E-state index contributed by atoms with van der Waals surface area (Å²) in [7, 11) is 0. The van der Waals surface area contributed by atoms with Crippen LogP contribution in [0.4, 0.5) is 4.39 Å². The van der Waals surface area contributed by atoms with Crippen molar-refractivity contribution in [1.82, 2.24) is 10.2 Å². The van der Waals surface area contributed by atoms with Crippen molar-refractivity contribution in [2.45, 2.75) is 58.7 Å². The largest absolute Gasteiger partial charge is 0.309 e. The number of fused-ring (bicyclic) bond motifs is 1. The maximum atomic E-state index is 13.7. The van der Waals surface area contributed by atoms with Gasteiger partial charge in [-0.1, -0.05) is 12.1 Å². The lowest BCUT2D eigenvalue weighted by Gasteiger charge is -2.31. The van der Waals surface area contributed by atoms with E-state index in [9.17, 15) is 4.39 Å². The molecule has 0 bridgehead atoms. The smallest absolute Gasteiger partial charge is 0.126 e. The molecule has 1 aromatic rings. The van der Waals surface area contributed by atoms with Gasteiger partial charge in [0.25, 0.3) is 0 Å². The monoisotopic (exact) mass is 278 g/mol. The fraction of sp³-hybridized carbons (Fsp3) is 0.647. The first kappa shape index (κ1) is 15.5. The Kier molecular flexibility index (Phi) is 5.17. The highest BCUT2D eigenvalue weighted by Crippen LogP contribution is 2.32. The zero-order valence-corrected chi connectivity index (χ0v) is 13.1. The molecule has 0 saturated carbocycles. The molecule has 0 spiro atoms. The first-order valence-corrected chi connectivity index (χ1v) is 7.77. The summed E-state index contributed by atoms with van der Waals surface area (Å²) in [6.45, 7) is 10.9. The summed E-state index contributed by atoms with van der Waals surface area (Å²) in [6.07, 6.45) is 1.87. The first-order chi connectivity index (χ1) is 9.50. The standard InChI is InChI=1S/C17H27FN2/c1-12(2)20(13(3)4)11-10-19-17-9-8-14-15(17)6-5-7-16(14)18/h5-7,12-13,17,19H,8-11H2,1-4H3. The van der Waals surface area contributed by atoms with E-state index in [2.05, 4.69) is 44.0 Å². The van der Waals surface area contributed by atoms with E-state index in [0.717, 1.165) is 37.1 Å². The van der Waals surface area contributed by atoms with Gasteiger partial charge < -0.3 is 5.32 Å². The van der Waals surface area contributed by atoms with E-state index < -0.39 is 0 Å². The average molecular weight is 278 g/mol. The molecule has 3 heteroatoms. The van der Waals surface area contributed by atoms with Crippen molar-refractivity contribution < 1.29 is 4.39 Å². The lowest BCUT2D eigenvalue weighted by atomic mass is 10.1. The molecular formula is C17H27FN2. The molecule has 0 aliphatic heterocycles. The lowest BCUT2D eigenvalue weighted by molar-refractivity contribution is 0.174. The second-order valence-corrected chi connectivity index (χ2v) is 6.28. The average Bonchev–Trinajstić information content (AvgIpc) is 2.78. The molecule has 20 heavy (non-hydrogen) atoms. The number of nitrogens with one attached hydrogen (secondary N) is 1. The summed E-state index contributed by atoms with van der Waals surface area (Å²) in [4.78, 5) is 2.48. The van der Waals surface area contributed by atoms with E-state index in [0.29, 0.717) is 18.1 Å². The molecule has 0 amide bonds. The van der Waals surface area contributed by atoms with Crippen molar-refractivity contribution >= 4 is 0 Å². The minimum absolute atomic E-state index is 0.0437. The molecule has 1 aromatic carbocycles. The fourth-order valence-electron chi connectivity index (χ4n) is 3.30. The molecule has 1 aliphatic carbocycles. The highest BCUT2D eigenvalue weighted by molar-refractivity contribution is 5.35. The van der Waals surface area contributed by atoms with Gasteiger partial charge in [0, 0.05) is 31.2 Å². The van der Waals surface area contributed by atoms with Crippen molar-refractivity contribution in [3.63, 3.8) is 0 Å². The van der Waals surface area contributed by atoms with Crippen LogP contribution in [-0.4, -0.2) is 30.1 Å². The molecule has 1 atom stereocenters. The molecule has 112 valence electrons. The molecular weight excluding hydrogens is 251 g/mol. The number of hydrogen-bond acceptors (Lipinski definition) is 2. The number of benzene rings is 1. The Hall–Kier alpha value is -0.930. The molecule has 0 radical (unpaired) electrons. The Morgan fingerprint density at radius 3 is 2.60 bits per heavy atom. The Balaban J connectivity index is 1.89. The second kappa shape index (κ2) is 6.68. The third kappa shape index (κ3) is 3.39. The molecule has 0 heterocycles. The van der Waals surface area contributed by atoms with Gasteiger partial charge in [-0.2, -0.15) is 0 Å². The number of rotatable bonds is 6. The van der Waals surface area contributed by atoms with E-state index >= 15 is 0 Å². The van der Waals surface area contributed by atoms with Crippen LogP contribution < -0.4 is 5.32 Å². The summed E-state index contributed by atoms with van der Waals surface area (Å²) in [5.74, 6) is -0.0437. The summed E-state index contributed by atoms with van der Waals surface area (Å²) < 4.78 is 13.7. The van der Waals surface area contributed by atoms with Crippen LogP contribution in [0.5, 0.6) is 0 Å². The first-order valence-electron chi connectivity index (χ1n) is 7.77. The zero-order chi connectivity index (χ0) is 14.7.